The number of carbonyl (C=O) groups excluding carboxylic acids is 1. The van der Waals surface area contributed by atoms with E-state index in [0.717, 1.165) is 0 Å². The fourth-order valence-corrected chi connectivity index (χ4v) is 1.26. The van der Waals surface area contributed by atoms with Gasteiger partial charge in [-0.25, -0.2) is 0 Å². The molecule has 1 N–H and O–H groups in total. The van der Waals surface area contributed by atoms with Crippen LogP contribution in [0, 0.1) is 11.3 Å². The molecule has 0 bridgehead atoms. The summed E-state index contributed by atoms with van der Waals surface area (Å²) < 4.78 is 5.16. The fourth-order valence-electron chi connectivity index (χ4n) is 1.26. The van der Waals surface area contributed by atoms with Crippen molar-refractivity contribution in [2.75, 3.05) is 6.61 Å². The molecule has 15 heavy (non-hydrogen) atoms. The second kappa shape index (κ2) is 4.47. The van der Waals surface area contributed by atoms with Crippen molar-refractivity contribution in [2.45, 2.75) is 13.8 Å². The first-order valence-electron chi connectivity index (χ1n) is 4.51. The number of benzene rings is 1. The van der Waals surface area contributed by atoms with E-state index in [4.69, 9.17) is 10.00 Å². The van der Waals surface area contributed by atoms with Crippen LogP contribution in [0.5, 0.6) is 11.5 Å². The van der Waals surface area contributed by atoms with Gasteiger partial charge in [-0.15, -0.1) is 0 Å². The number of rotatable bonds is 3. The Labute approximate surface area is 87.7 Å². The maximum Gasteiger partial charge on any atom is 0.161 e. The molecule has 0 saturated heterocycles. The fraction of sp³-hybridized carbons (Fsp3) is 0.273. The zero-order valence-corrected chi connectivity index (χ0v) is 8.57. The maximum atomic E-state index is 11.2. The Hall–Kier alpha value is -2.02. The van der Waals surface area contributed by atoms with Gasteiger partial charge in [-0.3, -0.25) is 4.79 Å². The highest BCUT2D eigenvalue weighted by Crippen LogP contribution is 2.28. The van der Waals surface area contributed by atoms with E-state index in [1.165, 1.54) is 19.1 Å². The number of phenols is 1. The lowest BCUT2D eigenvalue weighted by Crippen LogP contribution is -2.01. The summed E-state index contributed by atoms with van der Waals surface area (Å²) in [4.78, 5) is 11.2. The molecule has 0 aliphatic heterocycles. The van der Waals surface area contributed by atoms with Crippen LogP contribution >= 0.6 is 0 Å². The van der Waals surface area contributed by atoms with Crippen LogP contribution in [0.1, 0.15) is 29.8 Å². The van der Waals surface area contributed by atoms with Gasteiger partial charge < -0.3 is 9.84 Å². The van der Waals surface area contributed by atoms with Gasteiger partial charge in [0.15, 0.2) is 5.78 Å². The average molecular weight is 205 g/mol. The van der Waals surface area contributed by atoms with Crippen LogP contribution in [-0.4, -0.2) is 17.5 Å². The monoisotopic (exact) mass is 205 g/mol. The van der Waals surface area contributed by atoms with Gasteiger partial charge >= 0.3 is 0 Å². The van der Waals surface area contributed by atoms with Crippen LogP contribution in [-0.2, 0) is 0 Å². The first kappa shape index (κ1) is 11.1. The van der Waals surface area contributed by atoms with Gasteiger partial charge in [0.25, 0.3) is 0 Å². The molecule has 4 nitrogen and oxygen atoms in total. The van der Waals surface area contributed by atoms with Gasteiger partial charge in [0.1, 0.15) is 23.1 Å². The van der Waals surface area contributed by atoms with Gasteiger partial charge in [0, 0.05) is 11.6 Å². The van der Waals surface area contributed by atoms with Crippen LogP contribution in [0.2, 0.25) is 0 Å². The molecule has 0 aliphatic carbocycles. The molecule has 0 aromatic heterocycles. The number of aromatic hydroxyl groups is 1. The van der Waals surface area contributed by atoms with Crippen molar-refractivity contribution in [3.8, 4) is 17.6 Å². The molecule has 0 spiro atoms. The summed E-state index contributed by atoms with van der Waals surface area (Å²) in [5, 5.41) is 18.2. The Bertz CT molecular complexity index is 432. The van der Waals surface area contributed by atoms with Crippen molar-refractivity contribution in [1.29, 1.82) is 5.26 Å². The third-order valence-electron chi connectivity index (χ3n) is 1.88. The van der Waals surface area contributed by atoms with Crippen LogP contribution in [0.15, 0.2) is 12.1 Å². The van der Waals surface area contributed by atoms with E-state index in [1.54, 1.807) is 6.92 Å². The second-order valence-electron chi connectivity index (χ2n) is 2.97. The van der Waals surface area contributed by atoms with Crippen molar-refractivity contribution in [2.24, 2.45) is 0 Å². The predicted molar refractivity (Wildman–Crippen MR) is 54.0 cm³/mol. The highest BCUT2D eigenvalue weighted by Gasteiger charge is 2.14. The molecule has 4 heteroatoms. The van der Waals surface area contributed by atoms with Crippen molar-refractivity contribution in [3.05, 3.63) is 23.3 Å². The lowest BCUT2D eigenvalue weighted by molar-refractivity contribution is 0.101. The smallest absolute Gasteiger partial charge is 0.161 e. The first-order chi connectivity index (χ1) is 7.10. The molecule has 0 saturated carbocycles. The summed E-state index contributed by atoms with van der Waals surface area (Å²) in [5.41, 5.74) is 0.350. The second-order valence-corrected chi connectivity index (χ2v) is 2.97. The topological polar surface area (TPSA) is 70.3 Å². The third kappa shape index (κ3) is 2.26. The minimum atomic E-state index is -0.275. The van der Waals surface area contributed by atoms with Crippen molar-refractivity contribution in [3.63, 3.8) is 0 Å². The molecule has 0 heterocycles. The number of Topliss-reactive ketones (excluding diaryl/α,β-unsaturated/α-hetero) is 1. The van der Waals surface area contributed by atoms with Gasteiger partial charge in [-0.2, -0.15) is 5.26 Å². The lowest BCUT2D eigenvalue weighted by Gasteiger charge is -2.08. The maximum absolute atomic E-state index is 11.2. The largest absolute Gasteiger partial charge is 0.508 e. The number of ether oxygens (including phenoxy) is 1. The van der Waals surface area contributed by atoms with Gasteiger partial charge in [-0.05, 0) is 19.9 Å². The molecule has 0 radical (unpaired) electrons. The van der Waals surface area contributed by atoms with E-state index in [0.29, 0.717) is 6.61 Å². The highest BCUT2D eigenvalue weighted by atomic mass is 16.5. The van der Waals surface area contributed by atoms with Crippen LogP contribution < -0.4 is 4.74 Å². The molecule has 0 fully saturated rings. The average Bonchev–Trinajstić information content (AvgIpc) is 2.17. The zero-order valence-electron chi connectivity index (χ0n) is 8.57. The molecular formula is C11H11NO3. The van der Waals surface area contributed by atoms with E-state index >= 15 is 0 Å². The van der Waals surface area contributed by atoms with Gasteiger partial charge in [0.2, 0.25) is 0 Å². The van der Waals surface area contributed by atoms with E-state index in [9.17, 15) is 9.90 Å². The van der Waals surface area contributed by atoms with Crippen LogP contribution in [0.4, 0.5) is 0 Å². The van der Waals surface area contributed by atoms with E-state index in [-0.39, 0.29) is 28.4 Å². The highest BCUT2D eigenvalue weighted by molar-refractivity contribution is 5.97. The molecule has 0 aliphatic rings. The van der Waals surface area contributed by atoms with E-state index < -0.39 is 0 Å². The Morgan fingerprint density at radius 3 is 2.73 bits per heavy atom. The number of hydrogen-bond donors (Lipinski definition) is 1. The van der Waals surface area contributed by atoms with Gasteiger partial charge in [-0.1, -0.05) is 0 Å². The Morgan fingerprint density at radius 2 is 2.27 bits per heavy atom. The first-order valence-corrected chi connectivity index (χ1v) is 4.51. The molecule has 1 aromatic rings. The standard InChI is InChI=1S/C11H11NO3/c1-3-15-11-5-8(14)4-9(7(2)13)10(11)6-12/h4-5,14H,3H2,1-2H3. The Morgan fingerprint density at radius 1 is 1.60 bits per heavy atom. The summed E-state index contributed by atoms with van der Waals surface area (Å²) in [5.74, 6) is -0.115. The number of ketones is 1. The number of nitriles is 1. The normalized spacial score (nSPS) is 9.40. The van der Waals surface area contributed by atoms with Crippen molar-refractivity contribution < 1.29 is 14.6 Å². The zero-order chi connectivity index (χ0) is 11.4. The predicted octanol–water partition coefficient (Wildman–Crippen LogP) is 1.87. The number of hydrogen-bond acceptors (Lipinski definition) is 4. The van der Waals surface area contributed by atoms with Gasteiger partial charge in [0.05, 0.1) is 6.61 Å². The van der Waals surface area contributed by atoms with Crippen molar-refractivity contribution in [1.82, 2.24) is 0 Å². The number of phenolic OH excluding ortho intramolecular Hbond substituents is 1. The molecule has 1 rings (SSSR count). The Balaban J connectivity index is 3.40. The minimum absolute atomic E-state index is 0.0809. The molecule has 0 atom stereocenters. The minimum Gasteiger partial charge on any atom is -0.508 e. The summed E-state index contributed by atoms with van der Waals surface area (Å²) in [7, 11) is 0. The molecular weight excluding hydrogens is 194 g/mol. The molecule has 0 unspecified atom stereocenters. The van der Waals surface area contributed by atoms with Crippen LogP contribution in [0.3, 0.4) is 0 Å². The van der Waals surface area contributed by atoms with E-state index in [2.05, 4.69) is 0 Å². The Kier molecular flexibility index (Phi) is 3.29. The summed E-state index contributed by atoms with van der Waals surface area (Å²) in [6.45, 7) is 3.47. The van der Waals surface area contributed by atoms with E-state index in [1.807, 2.05) is 6.07 Å². The summed E-state index contributed by atoms with van der Waals surface area (Å²) in [6.07, 6.45) is 0. The third-order valence-corrected chi connectivity index (χ3v) is 1.88. The van der Waals surface area contributed by atoms with Crippen LogP contribution in [0.25, 0.3) is 0 Å². The van der Waals surface area contributed by atoms with Crippen molar-refractivity contribution >= 4 is 5.78 Å². The quantitative estimate of drug-likeness (QED) is 0.764. The summed E-state index contributed by atoms with van der Waals surface area (Å²) >= 11 is 0. The molecule has 1 aromatic carbocycles. The summed E-state index contributed by atoms with van der Waals surface area (Å²) in [6, 6.07) is 4.50. The number of carbonyl (C=O) groups is 1. The number of nitrogens with zero attached hydrogens (tertiary/aromatic N) is 1. The lowest BCUT2D eigenvalue weighted by atomic mass is 10.0. The molecule has 0 amide bonds. The molecule has 78 valence electrons. The SMILES string of the molecule is CCOc1cc(O)cc(C(C)=O)c1C#N.